The number of benzene rings is 2. The minimum atomic E-state index is -5.16. The van der Waals surface area contributed by atoms with Crippen molar-refractivity contribution in [1.29, 1.82) is 0 Å². The molecule has 2 aliphatic carbocycles. The van der Waals surface area contributed by atoms with Crippen LogP contribution in [0.1, 0.15) is 53.8 Å². The van der Waals surface area contributed by atoms with E-state index in [1.807, 2.05) is 0 Å². The minimum Gasteiger partial charge on any atom is -0.503 e. The first-order valence-corrected chi connectivity index (χ1v) is 12.7. The van der Waals surface area contributed by atoms with Crippen molar-refractivity contribution in [3.8, 4) is 16.3 Å². The van der Waals surface area contributed by atoms with Gasteiger partial charge in [0.15, 0.2) is 28.4 Å². The predicted octanol–water partition coefficient (Wildman–Crippen LogP) is 5.81. The largest absolute Gasteiger partial charge is 0.503 e. The molecular weight excluding hydrogens is 550 g/mol. The fraction of sp³-hybridized carbons (Fsp3) is 0.360. The smallest absolute Gasteiger partial charge is 0.413 e. The van der Waals surface area contributed by atoms with Crippen molar-refractivity contribution in [2.45, 2.75) is 55.9 Å². The Morgan fingerprint density at radius 3 is 2.38 bits per heavy atom. The van der Waals surface area contributed by atoms with Crippen LogP contribution in [0.4, 0.5) is 31.1 Å². The van der Waals surface area contributed by atoms with Gasteiger partial charge in [0.1, 0.15) is 16.4 Å². The normalized spacial score (nSPS) is 19.3. The molecule has 3 aromatic rings. The number of halogens is 6. The Hall–Kier alpha value is -3.68. The molecule has 14 heteroatoms. The van der Waals surface area contributed by atoms with Gasteiger partial charge in [-0.25, -0.2) is 22.9 Å². The number of carbonyl (C=O) groups is 2. The zero-order valence-electron chi connectivity index (χ0n) is 19.8. The van der Waals surface area contributed by atoms with E-state index in [9.17, 15) is 41.0 Å². The lowest BCUT2D eigenvalue weighted by atomic mass is 10.00. The number of hydrogen-bond acceptors (Lipinski definition) is 6. The number of hydrogen-bond donors (Lipinski definition) is 1. The van der Waals surface area contributed by atoms with Crippen molar-refractivity contribution in [1.82, 2.24) is 20.0 Å². The Morgan fingerprint density at radius 2 is 1.77 bits per heavy atom. The number of carbonyl (C=O) groups excluding carboxylic acids is 2. The second kappa shape index (κ2) is 8.66. The number of alkyl halides is 3. The molecule has 3 fully saturated rings. The number of urea groups is 1. The Balaban J connectivity index is 1.32. The summed E-state index contributed by atoms with van der Waals surface area (Å²) in [5.74, 6) is -5.83. The molecule has 1 saturated heterocycles. The summed E-state index contributed by atoms with van der Waals surface area (Å²) in [5.41, 5.74) is -2.06. The number of nitrogens with zero attached hydrogens (tertiary/aromatic N) is 4. The fourth-order valence-corrected chi connectivity index (χ4v) is 5.80. The minimum absolute atomic E-state index is 0.0611. The summed E-state index contributed by atoms with van der Waals surface area (Å²) >= 11 is 0.756. The van der Waals surface area contributed by atoms with E-state index in [2.05, 4.69) is 10.2 Å². The first-order valence-electron chi connectivity index (χ1n) is 11.9. The Bertz CT molecular complexity index is 1520. The van der Waals surface area contributed by atoms with E-state index in [4.69, 9.17) is 0 Å². The van der Waals surface area contributed by atoms with Gasteiger partial charge in [-0.3, -0.25) is 4.79 Å². The molecule has 2 heterocycles. The first-order chi connectivity index (χ1) is 18.4. The van der Waals surface area contributed by atoms with E-state index in [1.165, 1.54) is 6.07 Å². The molecule has 0 bridgehead atoms. The molecule has 1 spiro atoms. The highest BCUT2D eigenvalue weighted by atomic mass is 32.1. The van der Waals surface area contributed by atoms with Crippen LogP contribution in [-0.2, 0) is 11.3 Å². The van der Waals surface area contributed by atoms with Crippen LogP contribution >= 0.6 is 11.3 Å². The number of phenols is 1. The molecule has 2 saturated carbocycles. The molecule has 7 nitrogen and oxygen atoms in total. The van der Waals surface area contributed by atoms with E-state index >= 15 is 0 Å². The van der Waals surface area contributed by atoms with Gasteiger partial charge in [-0.15, -0.1) is 10.2 Å². The number of amides is 3. The third kappa shape index (κ3) is 4.12. The van der Waals surface area contributed by atoms with Gasteiger partial charge in [0.2, 0.25) is 0 Å². The van der Waals surface area contributed by atoms with Gasteiger partial charge in [0, 0.05) is 5.56 Å². The van der Waals surface area contributed by atoms with Gasteiger partial charge in [-0.2, -0.15) is 13.2 Å². The average molecular weight is 568 g/mol. The SMILES string of the molecule is O=C1N(C(c2ccc(C3CC3)cc2F)C(F)(F)F)C(=O)C2(CC2)N1Cc1nnc(-c2ccc(F)c(O)c2F)s1. The van der Waals surface area contributed by atoms with Crippen molar-refractivity contribution >= 4 is 23.3 Å². The van der Waals surface area contributed by atoms with Gasteiger partial charge in [0.05, 0.1) is 12.1 Å². The van der Waals surface area contributed by atoms with E-state index in [-0.39, 0.29) is 39.2 Å². The van der Waals surface area contributed by atoms with Crippen LogP contribution in [0.3, 0.4) is 0 Å². The topological polar surface area (TPSA) is 86.6 Å². The zero-order chi connectivity index (χ0) is 27.9. The zero-order valence-corrected chi connectivity index (χ0v) is 20.6. The van der Waals surface area contributed by atoms with Crippen LogP contribution in [0.25, 0.3) is 10.6 Å². The van der Waals surface area contributed by atoms with Crippen molar-refractivity contribution in [3.63, 3.8) is 0 Å². The van der Waals surface area contributed by atoms with Crippen LogP contribution in [-0.4, -0.2) is 48.8 Å². The van der Waals surface area contributed by atoms with Crippen molar-refractivity contribution in [3.05, 3.63) is 63.9 Å². The summed E-state index contributed by atoms with van der Waals surface area (Å²) in [6, 6.07) is 1.16. The van der Waals surface area contributed by atoms with E-state index in [0.29, 0.717) is 5.56 Å². The Morgan fingerprint density at radius 1 is 1.05 bits per heavy atom. The standard InChI is InChI=1S/C25H18F6N4O3S/c26-15-6-5-14(18(28)19(15)36)21-33-32-17(39-21)10-34-23(38)35(22(37)24(34)7-8-24)20(25(29,30)31)13-4-3-12(9-16(13)27)11-1-2-11/h3-6,9,11,20,36H,1-2,7-8,10H2. The van der Waals surface area contributed by atoms with Crippen LogP contribution in [0.2, 0.25) is 0 Å². The highest BCUT2D eigenvalue weighted by Crippen LogP contribution is 2.53. The Kier molecular flexibility index (Phi) is 5.68. The maximum atomic E-state index is 15.0. The van der Waals surface area contributed by atoms with Crippen molar-refractivity contribution in [2.75, 3.05) is 0 Å². The number of imide groups is 1. The molecular formula is C25H18F6N4O3S. The molecule has 3 aliphatic rings. The molecule has 1 aromatic heterocycles. The third-order valence-electron chi connectivity index (χ3n) is 7.29. The summed E-state index contributed by atoms with van der Waals surface area (Å²) < 4.78 is 85.7. The van der Waals surface area contributed by atoms with Gasteiger partial charge in [0.25, 0.3) is 5.91 Å². The summed E-state index contributed by atoms with van der Waals surface area (Å²) in [4.78, 5) is 27.7. The molecule has 1 aliphatic heterocycles. The highest BCUT2D eigenvalue weighted by molar-refractivity contribution is 7.14. The van der Waals surface area contributed by atoms with Crippen LogP contribution in [0.5, 0.6) is 5.75 Å². The predicted molar refractivity (Wildman–Crippen MR) is 124 cm³/mol. The number of aromatic hydroxyl groups is 1. The Labute approximate surface area is 220 Å². The molecule has 0 radical (unpaired) electrons. The lowest BCUT2D eigenvalue weighted by Crippen LogP contribution is -2.43. The van der Waals surface area contributed by atoms with Gasteiger partial charge >= 0.3 is 12.2 Å². The lowest BCUT2D eigenvalue weighted by molar-refractivity contribution is -0.183. The van der Waals surface area contributed by atoms with E-state index in [1.54, 1.807) is 0 Å². The van der Waals surface area contributed by atoms with E-state index < -0.39 is 65.0 Å². The fourth-order valence-electron chi connectivity index (χ4n) is 4.95. The van der Waals surface area contributed by atoms with Crippen LogP contribution in [0.15, 0.2) is 30.3 Å². The molecule has 3 amide bonds. The number of rotatable bonds is 6. The lowest BCUT2D eigenvalue weighted by Gasteiger charge is -2.28. The quantitative estimate of drug-likeness (QED) is 0.300. The molecule has 6 rings (SSSR count). The second-order valence-electron chi connectivity index (χ2n) is 9.83. The summed E-state index contributed by atoms with van der Waals surface area (Å²) in [6.07, 6.45) is -3.33. The maximum absolute atomic E-state index is 15.0. The number of aromatic nitrogens is 2. The molecule has 1 unspecified atom stereocenters. The third-order valence-corrected chi connectivity index (χ3v) is 8.23. The summed E-state index contributed by atoms with van der Waals surface area (Å²) in [6.45, 7) is -0.415. The monoisotopic (exact) mass is 568 g/mol. The molecule has 204 valence electrons. The van der Waals surface area contributed by atoms with Gasteiger partial charge in [-0.05, 0) is 55.4 Å². The van der Waals surface area contributed by atoms with Crippen molar-refractivity contribution in [2.24, 2.45) is 0 Å². The summed E-state index contributed by atoms with van der Waals surface area (Å²) in [7, 11) is 0. The maximum Gasteiger partial charge on any atom is 0.413 e. The molecule has 2 aromatic carbocycles. The molecule has 39 heavy (non-hydrogen) atoms. The summed E-state index contributed by atoms with van der Waals surface area (Å²) in [5, 5.41) is 17.1. The average Bonchev–Trinajstić information content (AvgIpc) is 3.81. The van der Waals surface area contributed by atoms with Crippen molar-refractivity contribution < 1.29 is 41.0 Å². The van der Waals surface area contributed by atoms with Crippen LogP contribution < -0.4 is 0 Å². The van der Waals surface area contributed by atoms with Gasteiger partial charge in [-0.1, -0.05) is 23.5 Å². The first kappa shape index (κ1) is 25.6. The van der Waals surface area contributed by atoms with E-state index in [0.717, 1.165) is 53.3 Å². The molecule has 1 atom stereocenters. The second-order valence-corrected chi connectivity index (χ2v) is 10.9. The molecule has 1 N–H and O–H groups in total. The van der Waals surface area contributed by atoms with Gasteiger partial charge < -0.3 is 10.0 Å². The number of phenolic OH excluding ortho intramolecular Hbond substituents is 1. The highest BCUT2D eigenvalue weighted by Gasteiger charge is 2.68. The van der Waals surface area contributed by atoms with Crippen LogP contribution in [0, 0.1) is 17.5 Å².